The van der Waals surface area contributed by atoms with E-state index in [1.807, 2.05) is 0 Å². The third-order valence-electron chi connectivity index (χ3n) is 2.50. The molecule has 0 heterocycles. The maximum absolute atomic E-state index is 13.2. The highest BCUT2D eigenvalue weighted by atomic mass is 32.2. The fraction of sp³-hybridized carbons (Fsp3) is 0.0769. The summed E-state index contributed by atoms with van der Waals surface area (Å²) in [4.78, 5) is 10.9. The molecule has 19 heavy (non-hydrogen) atoms. The second kappa shape index (κ2) is 5.71. The molecule has 2 rings (SSSR count). The summed E-state index contributed by atoms with van der Waals surface area (Å²) in [5.41, 5.74) is 6.37. The number of nitrogen functional groups attached to an aromatic ring is 1. The molecular formula is C13H11FN2O2S. The molecule has 2 aromatic rings. The third kappa shape index (κ3) is 3.45. The van der Waals surface area contributed by atoms with E-state index in [4.69, 9.17) is 5.73 Å². The quantitative estimate of drug-likeness (QED) is 0.401. The van der Waals surface area contributed by atoms with Crippen LogP contribution in [0.3, 0.4) is 0 Å². The van der Waals surface area contributed by atoms with Crippen LogP contribution in [0.4, 0.5) is 15.8 Å². The Bertz CT molecular complexity index is 619. The molecule has 0 unspecified atom stereocenters. The van der Waals surface area contributed by atoms with Crippen LogP contribution in [0.25, 0.3) is 0 Å². The van der Waals surface area contributed by atoms with Crippen LogP contribution >= 0.6 is 11.8 Å². The van der Waals surface area contributed by atoms with E-state index in [-0.39, 0.29) is 11.4 Å². The Hall–Kier alpha value is -2.08. The number of nitro benzene ring substituents is 1. The number of hydrogen-bond donors (Lipinski definition) is 1. The van der Waals surface area contributed by atoms with Gasteiger partial charge < -0.3 is 5.73 Å². The first-order valence-corrected chi connectivity index (χ1v) is 6.46. The van der Waals surface area contributed by atoms with Gasteiger partial charge in [-0.1, -0.05) is 12.1 Å². The molecule has 98 valence electrons. The Labute approximate surface area is 113 Å². The maximum Gasteiger partial charge on any atom is 0.269 e. The van der Waals surface area contributed by atoms with Gasteiger partial charge in [0, 0.05) is 22.8 Å². The van der Waals surface area contributed by atoms with Crippen molar-refractivity contribution in [2.45, 2.75) is 10.6 Å². The summed E-state index contributed by atoms with van der Waals surface area (Å²) in [7, 11) is 0. The maximum atomic E-state index is 13.2. The summed E-state index contributed by atoms with van der Waals surface area (Å²) in [6, 6.07) is 11.0. The number of halogens is 1. The Balaban J connectivity index is 2.07. The monoisotopic (exact) mass is 278 g/mol. The number of nitrogens with two attached hydrogens (primary N) is 1. The van der Waals surface area contributed by atoms with E-state index in [0.717, 1.165) is 10.5 Å². The van der Waals surface area contributed by atoms with E-state index in [2.05, 4.69) is 0 Å². The predicted molar refractivity (Wildman–Crippen MR) is 73.5 cm³/mol. The van der Waals surface area contributed by atoms with Crippen LogP contribution in [0.15, 0.2) is 47.4 Å². The number of anilines is 1. The van der Waals surface area contributed by atoms with Crippen LogP contribution < -0.4 is 5.73 Å². The SMILES string of the molecule is Nc1ccc(SCc2cccc([N+](=O)[O-])c2)cc1F. The largest absolute Gasteiger partial charge is 0.396 e. The van der Waals surface area contributed by atoms with Crippen molar-refractivity contribution in [3.63, 3.8) is 0 Å². The number of rotatable bonds is 4. The van der Waals surface area contributed by atoms with E-state index in [9.17, 15) is 14.5 Å². The molecule has 0 aliphatic heterocycles. The van der Waals surface area contributed by atoms with Crippen molar-refractivity contribution in [2.24, 2.45) is 0 Å². The first kappa shape index (κ1) is 13.4. The molecular weight excluding hydrogens is 267 g/mol. The Morgan fingerprint density at radius 1 is 1.26 bits per heavy atom. The van der Waals surface area contributed by atoms with E-state index in [1.165, 1.54) is 36.0 Å². The number of benzene rings is 2. The van der Waals surface area contributed by atoms with Gasteiger partial charge in [-0.15, -0.1) is 11.8 Å². The van der Waals surface area contributed by atoms with Gasteiger partial charge in [0.1, 0.15) is 5.82 Å². The zero-order chi connectivity index (χ0) is 13.8. The van der Waals surface area contributed by atoms with E-state index >= 15 is 0 Å². The van der Waals surface area contributed by atoms with Crippen molar-refractivity contribution in [1.82, 2.24) is 0 Å². The highest BCUT2D eigenvalue weighted by molar-refractivity contribution is 7.98. The highest BCUT2D eigenvalue weighted by Gasteiger charge is 2.06. The summed E-state index contributed by atoms with van der Waals surface area (Å²) in [6.45, 7) is 0. The second-order valence-corrected chi connectivity index (χ2v) is 4.95. The molecule has 0 aliphatic rings. The van der Waals surface area contributed by atoms with Crippen molar-refractivity contribution in [2.75, 3.05) is 5.73 Å². The van der Waals surface area contributed by atoms with E-state index < -0.39 is 10.7 Å². The highest BCUT2D eigenvalue weighted by Crippen LogP contribution is 2.26. The number of thioether (sulfide) groups is 1. The van der Waals surface area contributed by atoms with Crippen LogP contribution in [-0.4, -0.2) is 4.92 Å². The summed E-state index contributed by atoms with van der Waals surface area (Å²) < 4.78 is 13.2. The topological polar surface area (TPSA) is 69.2 Å². The van der Waals surface area contributed by atoms with Gasteiger partial charge in [0.15, 0.2) is 0 Å². The lowest BCUT2D eigenvalue weighted by molar-refractivity contribution is -0.384. The molecule has 0 bridgehead atoms. The van der Waals surface area contributed by atoms with Gasteiger partial charge in [0.25, 0.3) is 5.69 Å². The summed E-state index contributed by atoms with van der Waals surface area (Å²) in [5, 5.41) is 10.6. The molecule has 0 amide bonds. The smallest absolute Gasteiger partial charge is 0.269 e. The van der Waals surface area contributed by atoms with Crippen LogP contribution in [0, 0.1) is 15.9 Å². The Kier molecular flexibility index (Phi) is 4.01. The number of hydrogen-bond acceptors (Lipinski definition) is 4. The normalized spacial score (nSPS) is 10.4. The number of nitro groups is 1. The molecule has 4 nitrogen and oxygen atoms in total. The zero-order valence-corrected chi connectivity index (χ0v) is 10.7. The average Bonchev–Trinajstić information content (AvgIpc) is 2.40. The molecule has 0 aromatic heterocycles. The molecule has 0 atom stereocenters. The first-order valence-electron chi connectivity index (χ1n) is 5.47. The van der Waals surface area contributed by atoms with Gasteiger partial charge in [-0.2, -0.15) is 0 Å². The second-order valence-electron chi connectivity index (χ2n) is 3.90. The van der Waals surface area contributed by atoms with Crippen LogP contribution in [-0.2, 0) is 5.75 Å². The summed E-state index contributed by atoms with van der Waals surface area (Å²) >= 11 is 1.40. The van der Waals surface area contributed by atoms with Crippen molar-refractivity contribution in [3.05, 3.63) is 64.0 Å². The Morgan fingerprint density at radius 3 is 2.74 bits per heavy atom. The standard InChI is InChI=1S/C13H11FN2O2S/c14-12-7-11(4-5-13(12)15)19-8-9-2-1-3-10(6-9)16(17)18/h1-7H,8,15H2. The molecule has 0 saturated heterocycles. The van der Waals surface area contributed by atoms with Crippen molar-refractivity contribution in [3.8, 4) is 0 Å². The molecule has 2 N–H and O–H groups in total. The fourth-order valence-electron chi connectivity index (χ4n) is 1.52. The third-order valence-corrected chi connectivity index (χ3v) is 3.56. The van der Waals surface area contributed by atoms with Crippen LogP contribution in [0.2, 0.25) is 0 Å². The molecule has 0 spiro atoms. The molecule has 0 saturated carbocycles. The minimum atomic E-state index is -0.455. The molecule has 0 fully saturated rings. The van der Waals surface area contributed by atoms with Gasteiger partial charge in [-0.3, -0.25) is 10.1 Å². The van der Waals surface area contributed by atoms with E-state index in [1.54, 1.807) is 18.2 Å². The van der Waals surface area contributed by atoms with Gasteiger partial charge >= 0.3 is 0 Å². The molecule has 2 aromatic carbocycles. The first-order chi connectivity index (χ1) is 9.06. The van der Waals surface area contributed by atoms with Gasteiger partial charge in [-0.25, -0.2) is 4.39 Å². The molecule has 0 aliphatic carbocycles. The van der Waals surface area contributed by atoms with Crippen LogP contribution in [0.1, 0.15) is 5.56 Å². The average molecular weight is 278 g/mol. The predicted octanol–water partition coefficient (Wildman–Crippen LogP) is 3.61. The lowest BCUT2D eigenvalue weighted by atomic mass is 10.2. The van der Waals surface area contributed by atoms with Crippen molar-refractivity contribution >= 4 is 23.1 Å². The van der Waals surface area contributed by atoms with Gasteiger partial charge in [0.05, 0.1) is 10.6 Å². The van der Waals surface area contributed by atoms with Crippen molar-refractivity contribution in [1.29, 1.82) is 0 Å². The summed E-state index contributed by atoms with van der Waals surface area (Å²) in [6.07, 6.45) is 0. The van der Waals surface area contributed by atoms with Gasteiger partial charge in [0.2, 0.25) is 0 Å². The summed E-state index contributed by atoms with van der Waals surface area (Å²) in [5.74, 6) is 0.0782. The lowest BCUT2D eigenvalue weighted by Crippen LogP contribution is -1.91. The molecule has 6 heteroatoms. The number of nitrogens with zero attached hydrogens (tertiary/aromatic N) is 1. The minimum Gasteiger partial charge on any atom is -0.396 e. The zero-order valence-electron chi connectivity index (χ0n) is 9.88. The van der Waals surface area contributed by atoms with E-state index in [0.29, 0.717) is 5.75 Å². The number of non-ortho nitro benzene ring substituents is 1. The van der Waals surface area contributed by atoms with Gasteiger partial charge in [-0.05, 0) is 23.8 Å². The Morgan fingerprint density at radius 2 is 2.05 bits per heavy atom. The minimum absolute atomic E-state index is 0.0570. The lowest BCUT2D eigenvalue weighted by Gasteiger charge is -2.03. The fourth-order valence-corrected chi connectivity index (χ4v) is 2.39. The van der Waals surface area contributed by atoms with Crippen LogP contribution in [0.5, 0.6) is 0 Å². The molecule has 0 radical (unpaired) electrons. The van der Waals surface area contributed by atoms with Crippen molar-refractivity contribution < 1.29 is 9.31 Å².